The van der Waals surface area contributed by atoms with Gasteiger partial charge in [-0.25, -0.2) is 12.7 Å². The zero-order valence-electron chi connectivity index (χ0n) is 8.43. The summed E-state index contributed by atoms with van der Waals surface area (Å²) < 4.78 is 29.3. The van der Waals surface area contributed by atoms with E-state index in [1.54, 1.807) is 19.4 Å². The number of hydrogen-bond donors (Lipinski definition) is 0. The highest BCUT2D eigenvalue weighted by molar-refractivity contribution is 7.89. The molecular weight excluding hydrogens is 202 g/mol. The van der Waals surface area contributed by atoms with E-state index in [9.17, 15) is 8.42 Å². The molecule has 80 valence electrons. The Morgan fingerprint density at radius 3 is 2.71 bits per heavy atom. The van der Waals surface area contributed by atoms with E-state index in [0.717, 1.165) is 5.56 Å². The fourth-order valence-electron chi connectivity index (χ4n) is 1.15. The van der Waals surface area contributed by atoms with Crippen LogP contribution >= 0.6 is 0 Å². The molecule has 0 radical (unpaired) electrons. The van der Waals surface area contributed by atoms with Crippen LogP contribution in [0.25, 0.3) is 0 Å². The number of sulfonamides is 1. The lowest BCUT2D eigenvalue weighted by atomic mass is 10.3. The van der Waals surface area contributed by atoms with Crippen molar-refractivity contribution in [2.45, 2.75) is 19.9 Å². The van der Waals surface area contributed by atoms with Gasteiger partial charge in [-0.2, -0.15) is 0 Å². The lowest BCUT2D eigenvalue weighted by Gasteiger charge is -2.15. The van der Waals surface area contributed by atoms with Gasteiger partial charge in [0.15, 0.2) is 0 Å². The molecule has 0 aliphatic carbocycles. The normalized spacial score (nSPS) is 12.2. The first-order valence-electron chi connectivity index (χ1n) is 4.51. The SMILES string of the molecule is CCCS(=O)(=O)N(C)Cc1ccoc1. The summed E-state index contributed by atoms with van der Waals surface area (Å²) in [7, 11) is -1.51. The van der Waals surface area contributed by atoms with Crippen LogP contribution in [0.4, 0.5) is 0 Å². The Hall–Kier alpha value is -0.810. The smallest absolute Gasteiger partial charge is 0.214 e. The molecule has 0 amide bonds. The molecule has 0 aliphatic heterocycles. The van der Waals surface area contributed by atoms with Crippen molar-refractivity contribution in [3.63, 3.8) is 0 Å². The Morgan fingerprint density at radius 2 is 2.21 bits per heavy atom. The Kier molecular flexibility index (Phi) is 3.71. The van der Waals surface area contributed by atoms with E-state index >= 15 is 0 Å². The molecule has 0 unspecified atom stereocenters. The first-order chi connectivity index (χ1) is 6.56. The third-order valence-electron chi connectivity index (χ3n) is 1.92. The van der Waals surface area contributed by atoms with E-state index in [2.05, 4.69) is 0 Å². The molecule has 0 atom stereocenters. The van der Waals surface area contributed by atoms with Gasteiger partial charge in [-0.3, -0.25) is 0 Å². The zero-order valence-corrected chi connectivity index (χ0v) is 9.25. The number of nitrogens with zero attached hydrogens (tertiary/aromatic N) is 1. The predicted molar refractivity (Wildman–Crippen MR) is 54.3 cm³/mol. The second-order valence-electron chi connectivity index (χ2n) is 3.20. The van der Waals surface area contributed by atoms with E-state index in [0.29, 0.717) is 13.0 Å². The van der Waals surface area contributed by atoms with E-state index in [4.69, 9.17) is 4.42 Å². The van der Waals surface area contributed by atoms with Crippen molar-refractivity contribution in [1.29, 1.82) is 0 Å². The summed E-state index contributed by atoms with van der Waals surface area (Å²) in [6, 6.07) is 1.76. The van der Waals surface area contributed by atoms with Gasteiger partial charge < -0.3 is 4.42 Å². The summed E-state index contributed by atoms with van der Waals surface area (Å²) in [6.07, 6.45) is 3.73. The largest absolute Gasteiger partial charge is 0.472 e. The maximum absolute atomic E-state index is 11.6. The van der Waals surface area contributed by atoms with Crippen LogP contribution in [0.1, 0.15) is 18.9 Å². The summed E-state index contributed by atoms with van der Waals surface area (Å²) in [5.41, 5.74) is 0.868. The molecule has 0 spiro atoms. The topological polar surface area (TPSA) is 50.5 Å². The maximum Gasteiger partial charge on any atom is 0.214 e. The Bertz CT molecular complexity index is 355. The molecule has 1 heterocycles. The van der Waals surface area contributed by atoms with Crippen LogP contribution in [-0.4, -0.2) is 25.5 Å². The molecule has 0 saturated carbocycles. The minimum Gasteiger partial charge on any atom is -0.472 e. The van der Waals surface area contributed by atoms with Crippen molar-refractivity contribution in [3.05, 3.63) is 24.2 Å². The molecule has 1 rings (SSSR count). The molecule has 1 aromatic rings. The van der Waals surface area contributed by atoms with Crippen molar-refractivity contribution in [3.8, 4) is 0 Å². The lowest BCUT2D eigenvalue weighted by molar-refractivity contribution is 0.462. The molecule has 14 heavy (non-hydrogen) atoms. The highest BCUT2D eigenvalue weighted by Crippen LogP contribution is 2.08. The van der Waals surface area contributed by atoms with E-state index in [-0.39, 0.29) is 5.75 Å². The summed E-state index contributed by atoms with van der Waals surface area (Å²) in [4.78, 5) is 0. The van der Waals surface area contributed by atoms with E-state index in [1.807, 2.05) is 6.92 Å². The lowest BCUT2D eigenvalue weighted by Crippen LogP contribution is -2.28. The van der Waals surface area contributed by atoms with Crippen LogP contribution in [0, 0.1) is 0 Å². The third kappa shape index (κ3) is 2.85. The molecule has 0 bridgehead atoms. The second-order valence-corrected chi connectivity index (χ2v) is 5.40. The van der Waals surface area contributed by atoms with Crippen LogP contribution in [0.15, 0.2) is 23.0 Å². The fraction of sp³-hybridized carbons (Fsp3) is 0.556. The highest BCUT2D eigenvalue weighted by Gasteiger charge is 2.16. The van der Waals surface area contributed by atoms with Gasteiger partial charge in [0.05, 0.1) is 18.3 Å². The van der Waals surface area contributed by atoms with Gasteiger partial charge in [0, 0.05) is 19.2 Å². The van der Waals surface area contributed by atoms with Crippen molar-refractivity contribution >= 4 is 10.0 Å². The molecule has 5 heteroatoms. The van der Waals surface area contributed by atoms with Gasteiger partial charge in [0.2, 0.25) is 10.0 Å². The van der Waals surface area contributed by atoms with Gasteiger partial charge in [-0.1, -0.05) is 6.92 Å². The molecule has 4 nitrogen and oxygen atoms in total. The van der Waals surface area contributed by atoms with Crippen molar-refractivity contribution in [2.75, 3.05) is 12.8 Å². The first-order valence-corrected chi connectivity index (χ1v) is 6.12. The Balaban J connectivity index is 2.62. The third-order valence-corrected chi connectivity index (χ3v) is 3.93. The van der Waals surface area contributed by atoms with Crippen LogP contribution in [-0.2, 0) is 16.6 Å². The van der Waals surface area contributed by atoms with Crippen LogP contribution in [0.5, 0.6) is 0 Å². The van der Waals surface area contributed by atoms with Crippen molar-refractivity contribution in [2.24, 2.45) is 0 Å². The van der Waals surface area contributed by atoms with Gasteiger partial charge in [0.1, 0.15) is 0 Å². The zero-order chi connectivity index (χ0) is 10.6. The summed E-state index contributed by atoms with van der Waals surface area (Å²) in [5.74, 6) is 0.196. The number of hydrogen-bond acceptors (Lipinski definition) is 3. The minimum absolute atomic E-state index is 0.196. The summed E-state index contributed by atoms with van der Waals surface area (Å²) in [6.45, 7) is 2.22. The van der Waals surface area contributed by atoms with E-state index < -0.39 is 10.0 Å². The molecule has 0 N–H and O–H groups in total. The predicted octanol–water partition coefficient (Wildman–Crippen LogP) is 1.45. The molecule has 1 aromatic heterocycles. The first kappa shape index (κ1) is 11.3. The van der Waals surface area contributed by atoms with Gasteiger partial charge in [0.25, 0.3) is 0 Å². The van der Waals surface area contributed by atoms with Crippen LogP contribution in [0.2, 0.25) is 0 Å². The Labute approximate surface area is 84.6 Å². The van der Waals surface area contributed by atoms with Crippen LogP contribution < -0.4 is 0 Å². The average Bonchev–Trinajstić information content (AvgIpc) is 2.56. The van der Waals surface area contributed by atoms with Crippen LogP contribution in [0.3, 0.4) is 0 Å². The standard InChI is InChI=1S/C9H15NO3S/c1-3-6-14(11,12)10(2)7-9-4-5-13-8-9/h4-5,8H,3,6-7H2,1-2H3. The monoisotopic (exact) mass is 217 g/mol. The molecular formula is C9H15NO3S. The molecule has 0 aromatic carbocycles. The van der Waals surface area contributed by atoms with Gasteiger partial charge >= 0.3 is 0 Å². The highest BCUT2D eigenvalue weighted by atomic mass is 32.2. The van der Waals surface area contributed by atoms with Gasteiger partial charge in [-0.05, 0) is 12.5 Å². The summed E-state index contributed by atoms with van der Waals surface area (Å²) in [5, 5.41) is 0. The minimum atomic E-state index is -3.09. The maximum atomic E-state index is 11.6. The molecule has 0 aliphatic rings. The Morgan fingerprint density at radius 1 is 1.50 bits per heavy atom. The quantitative estimate of drug-likeness (QED) is 0.750. The second kappa shape index (κ2) is 4.61. The number of rotatable bonds is 5. The fourth-order valence-corrected chi connectivity index (χ4v) is 2.33. The number of furan rings is 1. The molecule has 0 fully saturated rings. The van der Waals surface area contributed by atoms with Crippen molar-refractivity contribution in [1.82, 2.24) is 4.31 Å². The average molecular weight is 217 g/mol. The van der Waals surface area contributed by atoms with Crippen molar-refractivity contribution < 1.29 is 12.8 Å². The van der Waals surface area contributed by atoms with Gasteiger partial charge in [-0.15, -0.1) is 0 Å². The summed E-state index contributed by atoms with van der Waals surface area (Å²) >= 11 is 0. The molecule has 0 saturated heterocycles. The van der Waals surface area contributed by atoms with E-state index in [1.165, 1.54) is 10.6 Å².